The van der Waals surface area contributed by atoms with Gasteiger partial charge in [-0.1, -0.05) is 18.2 Å². The van der Waals surface area contributed by atoms with Crippen LogP contribution in [-0.4, -0.2) is 19.5 Å². The standard InChI is InChI=1S/C9H10N2O2/c12-9-10-6-13-7-11(9)8-4-2-1-3-5-8/h1-5H,6-7H2,(H,10,12). The third-order valence-electron chi connectivity index (χ3n) is 1.86. The summed E-state index contributed by atoms with van der Waals surface area (Å²) in [6.45, 7) is 0.609. The second kappa shape index (κ2) is 3.45. The van der Waals surface area contributed by atoms with E-state index in [-0.39, 0.29) is 6.03 Å². The highest BCUT2D eigenvalue weighted by Gasteiger charge is 2.18. The minimum Gasteiger partial charge on any atom is -0.340 e. The van der Waals surface area contributed by atoms with Crippen LogP contribution in [0.15, 0.2) is 30.3 Å². The zero-order chi connectivity index (χ0) is 9.10. The van der Waals surface area contributed by atoms with Crippen molar-refractivity contribution in [3.05, 3.63) is 30.3 Å². The first kappa shape index (κ1) is 8.07. The number of amides is 2. The molecule has 0 unspecified atom stereocenters. The third-order valence-corrected chi connectivity index (χ3v) is 1.86. The summed E-state index contributed by atoms with van der Waals surface area (Å²) < 4.78 is 5.10. The summed E-state index contributed by atoms with van der Waals surface area (Å²) in [7, 11) is 0. The van der Waals surface area contributed by atoms with Gasteiger partial charge in [-0.15, -0.1) is 0 Å². The number of para-hydroxylation sites is 1. The highest BCUT2D eigenvalue weighted by atomic mass is 16.5. The molecule has 2 rings (SSSR count). The number of rotatable bonds is 1. The molecule has 2 amide bonds. The molecule has 0 saturated carbocycles. The number of ether oxygens (including phenoxy) is 1. The first-order valence-electron chi connectivity index (χ1n) is 4.06. The molecule has 0 aromatic heterocycles. The van der Waals surface area contributed by atoms with E-state index in [0.717, 1.165) is 5.69 Å². The molecule has 1 N–H and O–H groups in total. The lowest BCUT2D eigenvalue weighted by Gasteiger charge is -2.27. The molecule has 4 nitrogen and oxygen atoms in total. The van der Waals surface area contributed by atoms with E-state index in [4.69, 9.17) is 4.74 Å². The molecule has 13 heavy (non-hydrogen) atoms. The first-order chi connectivity index (χ1) is 6.38. The molecule has 0 atom stereocenters. The van der Waals surface area contributed by atoms with Gasteiger partial charge in [0.1, 0.15) is 13.5 Å². The van der Waals surface area contributed by atoms with E-state index in [1.54, 1.807) is 4.90 Å². The third kappa shape index (κ3) is 1.62. The average Bonchev–Trinajstić information content (AvgIpc) is 2.20. The molecule has 1 aromatic rings. The van der Waals surface area contributed by atoms with Gasteiger partial charge in [0.05, 0.1) is 0 Å². The largest absolute Gasteiger partial charge is 0.340 e. The lowest BCUT2D eigenvalue weighted by Crippen LogP contribution is -2.47. The van der Waals surface area contributed by atoms with E-state index in [2.05, 4.69) is 5.32 Å². The van der Waals surface area contributed by atoms with Crippen LogP contribution in [0.2, 0.25) is 0 Å². The molecule has 0 radical (unpaired) electrons. The Hall–Kier alpha value is -1.55. The van der Waals surface area contributed by atoms with Crippen molar-refractivity contribution in [2.24, 2.45) is 0 Å². The summed E-state index contributed by atoms with van der Waals surface area (Å²) in [5, 5.41) is 2.60. The Balaban J connectivity index is 2.20. The van der Waals surface area contributed by atoms with Gasteiger partial charge in [-0.05, 0) is 12.1 Å². The number of carbonyl (C=O) groups is 1. The second-order valence-electron chi connectivity index (χ2n) is 2.72. The summed E-state index contributed by atoms with van der Waals surface area (Å²) in [6.07, 6.45) is 0. The van der Waals surface area contributed by atoms with Crippen LogP contribution < -0.4 is 10.2 Å². The quantitative estimate of drug-likeness (QED) is 0.700. The minimum absolute atomic E-state index is 0.113. The van der Waals surface area contributed by atoms with Crippen molar-refractivity contribution >= 4 is 11.7 Å². The Morgan fingerprint density at radius 2 is 2.08 bits per heavy atom. The van der Waals surface area contributed by atoms with Crippen LogP contribution in [0.4, 0.5) is 10.5 Å². The summed E-state index contributed by atoms with van der Waals surface area (Å²) in [4.78, 5) is 12.9. The molecule has 1 heterocycles. The fraction of sp³-hybridized carbons (Fsp3) is 0.222. The highest BCUT2D eigenvalue weighted by molar-refractivity contribution is 5.92. The van der Waals surface area contributed by atoms with Crippen LogP contribution >= 0.6 is 0 Å². The van der Waals surface area contributed by atoms with Crippen molar-refractivity contribution in [2.75, 3.05) is 18.4 Å². The van der Waals surface area contributed by atoms with Crippen LogP contribution in [0.1, 0.15) is 0 Å². The maximum Gasteiger partial charge on any atom is 0.325 e. The normalized spacial score (nSPS) is 16.9. The molecule has 4 heteroatoms. The summed E-state index contributed by atoms with van der Waals surface area (Å²) in [5.74, 6) is 0. The SMILES string of the molecule is O=C1NCOCN1c1ccccc1. The van der Waals surface area contributed by atoms with Crippen molar-refractivity contribution in [3.63, 3.8) is 0 Å². The molecule has 1 aromatic carbocycles. The van der Waals surface area contributed by atoms with E-state index in [9.17, 15) is 4.79 Å². The Morgan fingerprint density at radius 1 is 1.31 bits per heavy atom. The molecule has 68 valence electrons. The van der Waals surface area contributed by atoms with Crippen LogP contribution in [0.5, 0.6) is 0 Å². The molecule has 0 aliphatic carbocycles. The molecule has 1 aliphatic heterocycles. The average molecular weight is 178 g/mol. The molecular weight excluding hydrogens is 168 g/mol. The fourth-order valence-electron chi connectivity index (χ4n) is 1.20. The number of benzene rings is 1. The number of anilines is 1. The molecule has 0 spiro atoms. The number of hydrogen-bond acceptors (Lipinski definition) is 2. The Kier molecular flexibility index (Phi) is 2.14. The van der Waals surface area contributed by atoms with Crippen LogP contribution in [0.3, 0.4) is 0 Å². The van der Waals surface area contributed by atoms with Gasteiger partial charge in [0.25, 0.3) is 0 Å². The minimum atomic E-state index is -0.113. The molecular formula is C9H10N2O2. The van der Waals surface area contributed by atoms with Crippen molar-refractivity contribution in [2.45, 2.75) is 0 Å². The number of nitrogens with one attached hydrogen (secondary N) is 1. The van der Waals surface area contributed by atoms with Gasteiger partial charge in [0, 0.05) is 5.69 Å². The fourth-order valence-corrected chi connectivity index (χ4v) is 1.20. The number of nitrogens with zero attached hydrogens (tertiary/aromatic N) is 1. The van der Waals surface area contributed by atoms with Crippen molar-refractivity contribution in [3.8, 4) is 0 Å². The number of carbonyl (C=O) groups excluding carboxylic acids is 1. The van der Waals surface area contributed by atoms with Crippen LogP contribution in [-0.2, 0) is 4.74 Å². The predicted molar refractivity (Wildman–Crippen MR) is 48.3 cm³/mol. The summed E-state index contributed by atoms with van der Waals surface area (Å²) in [5.41, 5.74) is 0.847. The molecule has 1 saturated heterocycles. The Morgan fingerprint density at radius 3 is 2.77 bits per heavy atom. The smallest absolute Gasteiger partial charge is 0.325 e. The first-order valence-corrected chi connectivity index (χ1v) is 4.06. The number of hydrogen-bond donors (Lipinski definition) is 1. The van der Waals surface area contributed by atoms with Gasteiger partial charge in [-0.25, -0.2) is 4.79 Å². The van der Waals surface area contributed by atoms with E-state index in [1.165, 1.54) is 0 Å². The van der Waals surface area contributed by atoms with Gasteiger partial charge in [0.2, 0.25) is 0 Å². The van der Waals surface area contributed by atoms with Gasteiger partial charge in [0.15, 0.2) is 0 Å². The van der Waals surface area contributed by atoms with Crippen LogP contribution in [0, 0.1) is 0 Å². The maximum absolute atomic E-state index is 11.3. The number of urea groups is 1. The zero-order valence-corrected chi connectivity index (χ0v) is 7.06. The zero-order valence-electron chi connectivity index (χ0n) is 7.06. The molecule has 0 bridgehead atoms. The van der Waals surface area contributed by atoms with E-state index in [1.807, 2.05) is 30.3 Å². The van der Waals surface area contributed by atoms with Gasteiger partial charge in [-0.3, -0.25) is 4.90 Å². The lowest BCUT2D eigenvalue weighted by atomic mass is 10.3. The van der Waals surface area contributed by atoms with Crippen molar-refractivity contribution < 1.29 is 9.53 Å². The maximum atomic E-state index is 11.3. The molecule has 1 fully saturated rings. The van der Waals surface area contributed by atoms with Gasteiger partial charge in [-0.2, -0.15) is 0 Å². The topological polar surface area (TPSA) is 41.6 Å². The molecule has 1 aliphatic rings. The summed E-state index contributed by atoms with van der Waals surface area (Å²) in [6, 6.07) is 9.31. The Labute approximate surface area is 76.1 Å². The summed E-state index contributed by atoms with van der Waals surface area (Å²) >= 11 is 0. The second-order valence-corrected chi connectivity index (χ2v) is 2.72. The Bertz CT molecular complexity index is 300. The van der Waals surface area contributed by atoms with E-state index >= 15 is 0 Å². The van der Waals surface area contributed by atoms with Crippen LogP contribution in [0.25, 0.3) is 0 Å². The van der Waals surface area contributed by atoms with E-state index in [0.29, 0.717) is 13.5 Å². The lowest BCUT2D eigenvalue weighted by molar-refractivity contribution is 0.101. The highest BCUT2D eigenvalue weighted by Crippen LogP contribution is 2.14. The van der Waals surface area contributed by atoms with Gasteiger partial charge >= 0.3 is 6.03 Å². The monoisotopic (exact) mass is 178 g/mol. The van der Waals surface area contributed by atoms with E-state index < -0.39 is 0 Å². The van der Waals surface area contributed by atoms with Gasteiger partial charge < -0.3 is 10.1 Å². The van der Waals surface area contributed by atoms with Crippen molar-refractivity contribution in [1.82, 2.24) is 5.32 Å². The predicted octanol–water partition coefficient (Wildman–Crippen LogP) is 1.15. The van der Waals surface area contributed by atoms with Crippen molar-refractivity contribution in [1.29, 1.82) is 0 Å².